The Morgan fingerprint density at radius 1 is 1.25 bits per heavy atom. The Bertz CT molecular complexity index is 833. The minimum absolute atomic E-state index is 0.0977. The molecule has 0 amide bonds. The molecule has 0 spiro atoms. The van der Waals surface area contributed by atoms with Gasteiger partial charge in [-0.05, 0) is 42.7 Å². The molecule has 0 saturated carbocycles. The Morgan fingerprint density at radius 3 is 2.83 bits per heavy atom. The van der Waals surface area contributed by atoms with Gasteiger partial charge in [0.1, 0.15) is 16.4 Å². The van der Waals surface area contributed by atoms with E-state index in [0.717, 1.165) is 23.3 Å². The third kappa shape index (κ3) is 3.39. The topological polar surface area (TPSA) is 64.6 Å². The zero-order chi connectivity index (χ0) is 17.2. The van der Waals surface area contributed by atoms with Gasteiger partial charge in [0.15, 0.2) is 0 Å². The first kappa shape index (κ1) is 16.8. The van der Waals surface area contributed by atoms with Gasteiger partial charge in [-0.15, -0.1) is 0 Å². The summed E-state index contributed by atoms with van der Waals surface area (Å²) in [5.74, 6) is 1.28. The Balaban J connectivity index is 1.81. The lowest BCUT2D eigenvalue weighted by atomic mass is 9.93. The van der Waals surface area contributed by atoms with Crippen molar-refractivity contribution in [3.63, 3.8) is 0 Å². The molecular formula is C18H21NO4S. The summed E-state index contributed by atoms with van der Waals surface area (Å²) in [7, 11) is -2.17. The molecule has 0 bridgehead atoms. The number of fused-ring (bicyclic) bond motifs is 1. The van der Waals surface area contributed by atoms with Gasteiger partial charge < -0.3 is 9.47 Å². The lowest BCUT2D eigenvalue weighted by Gasteiger charge is -2.26. The summed E-state index contributed by atoms with van der Waals surface area (Å²) in [6.07, 6.45) is 0.782. The molecule has 2 aromatic rings. The van der Waals surface area contributed by atoms with Crippen LogP contribution in [0.3, 0.4) is 0 Å². The number of sulfonamides is 1. The second-order valence-electron chi connectivity index (χ2n) is 5.88. The highest BCUT2D eigenvalue weighted by Crippen LogP contribution is 2.33. The third-order valence-electron chi connectivity index (χ3n) is 4.21. The molecule has 0 radical (unpaired) electrons. The van der Waals surface area contributed by atoms with Crippen LogP contribution in [-0.2, 0) is 10.0 Å². The van der Waals surface area contributed by atoms with Crippen molar-refractivity contribution in [2.24, 2.45) is 0 Å². The molecule has 0 fully saturated rings. The van der Waals surface area contributed by atoms with E-state index in [9.17, 15) is 8.42 Å². The predicted octanol–water partition coefficient (Wildman–Crippen LogP) is 2.85. The molecule has 24 heavy (non-hydrogen) atoms. The number of methoxy groups -OCH3 is 1. The lowest BCUT2D eigenvalue weighted by Crippen LogP contribution is -2.31. The first-order valence-electron chi connectivity index (χ1n) is 7.87. The highest BCUT2D eigenvalue weighted by atomic mass is 32.2. The number of aryl methyl sites for hydroxylation is 1. The average Bonchev–Trinajstić information content (AvgIpc) is 2.60. The minimum Gasteiger partial charge on any atom is -0.495 e. The van der Waals surface area contributed by atoms with Gasteiger partial charge in [-0.3, -0.25) is 0 Å². The summed E-state index contributed by atoms with van der Waals surface area (Å²) >= 11 is 0. The fourth-order valence-corrected chi connectivity index (χ4v) is 4.24. The number of benzene rings is 2. The van der Waals surface area contributed by atoms with E-state index >= 15 is 0 Å². The van der Waals surface area contributed by atoms with E-state index in [0.29, 0.717) is 18.9 Å². The summed E-state index contributed by atoms with van der Waals surface area (Å²) in [5.41, 5.74) is 1.91. The third-order valence-corrected chi connectivity index (χ3v) is 5.66. The van der Waals surface area contributed by atoms with Gasteiger partial charge in [-0.25, -0.2) is 13.1 Å². The Hall–Kier alpha value is -2.05. The fourth-order valence-electron chi connectivity index (χ4n) is 2.91. The molecule has 5 nitrogen and oxygen atoms in total. The molecule has 1 heterocycles. The minimum atomic E-state index is -3.64. The van der Waals surface area contributed by atoms with Crippen LogP contribution in [0.5, 0.6) is 11.5 Å². The van der Waals surface area contributed by atoms with Crippen LogP contribution in [0.4, 0.5) is 0 Å². The Morgan fingerprint density at radius 2 is 2.04 bits per heavy atom. The molecular weight excluding hydrogens is 326 g/mol. The van der Waals surface area contributed by atoms with Crippen LogP contribution in [0.25, 0.3) is 0 Å². The van der Waals surface area contributed by atoms with E-state index < -0.39 is 10.0 Å². The number of hydrogen-bond donors (Lipinski definition) is 1. The first-order chi connectivity index (χ1) is 11.5. The van der Waals surface area contributed by atoms with Crippen LogP contribution >= 0.6 is 0 Å². The van der Waals surface area contributed by atoms with Crippen molar-refractivity contribution < 1.29 is 17.9 Å². The van der Waals surface area contributed by atoms with Crippen LogP contribution in [0.2, 0.25) is 0 Å². The quantitative estimate of drug-likeness (QED) is 0.903. The molecule has 6 heteroatoms. The highest BCUT2D eigenvalue weighted by molar-refractivity contribution is 7.89. The van der Waals surface area contributed by atoms with Crippen LogP contribution in [0.15, 0.2) is 47.4 Å². The SMILES string of the molecule is COc1ccc(C)cc1S(=O)(=O)NCC1CCOc2ccccc21. The molecule has 1 unspecified atom stereocenters. The van der Waals surface area contributed by atoms with Gasteiger partial charge in [-0.1, -0.05) is 24.3 Å². The van der Waals surface area contributed by atoms with E-state index in [1.807, 2.05) is 37.3 Å². The number of nitrogens with one attached hydrogen (secondary N) is 1. The normalized spacial score (nSPS) is 17.0. The maximum Gasteiger partial charge on any atom is 0.244 e. The van der Waals surface area contributed by atoms with E-state index in [2.05, 4.69) is 4.72 Å². The summed E-state index contributed by atoms with van der Waals surface area (Å²) in [5, 5.41) is 0. The molecule has 1 N–H and O–H groups in total. The summed E-state index contributed by atoms with van der Waals surface area (Å²) < 4.78 is 38.9. The van der Waals surface area contributed by atoms with Gasteiger partial charge in [-0.2, -0.15) is 0 Å². The molecule has 128 valence electrons. The van der Waals surface area contributed by atoms with E-state index in [1.165, 1.54) is 7.11 Å². The van der Waals surface area contributed by atoms with Crippen LogP contribution in [-0.4, -0.2) is 28.7 Å². The Labute approximate surface area is 142 Å². The monoisotopic (exact) mass is 347 g/mol. The molecule has 2 aromatic carbocycles. The van der Waals surface area contributed by atoms with Gasteiger partial charge in [0.25, 0.3) is 0 Å². The maximum atomic E-state index is 12.7. The Kier molecular flexibility index (Phi) is 4.78. The summed E-state index contributed by atoms with van der Waals surface area (Å²) in [6, 6.07) is 12.9. The fraction of sp³-hybridized carbons (Fsp3) is 0.333. The predicted molar refractivity (Wildman–Crippen MR) is 92.2 cm³/mol. The van der Waals surface area contributed by atoms with Crippen molar-refractivity contribution >= 4 is 10.0 Å². The van der Waals surface area contributed by atoms with Crippen molar-refractivity contribution in [2.75, 3.05) is 20.3 Å². The van der Waals surface area contributed by atoms with Crippen molar-refractivity contribution in [1.29, 1.82) is 0 Å². The number of hydrogen-bond acceptors (Lipinski definition) is 4. The number of para-hydroxylation sites is 1. The highest BCUT2D eigenvalue weighted by Gasteiger charge is 2.25. The molecule has 0 aromatic heterocycles. The summed E-state index contributed by atoms with van der Waals surface area (Å²) in [4.78, 5) is 0.172. The van der Waals surface area contributed by atoms with Crippen LogP contribution in [0.1, 0.15) is 23.5 Å². The van der Waals surface area contributed by atoms with Gasteiger partial charge in [0.2, 0.25) is 10.0 Å². The first-order valence-corrected chi connectivity index (χ1v) is 9.35. The lowest BCUT2D eigenvalue weighted by molar-refractivity contribution is 0.267. The molecule has 1 atom stereocenters. The molecule has 0 saturated heterocycles. The molecule has 1 aliphatic heterocycles. The molecule has 1 aliphatic rings. The summed E-state index contributed by atoms with van der Waals surface area (Å²) in [6.45, 7) is 2.78. The second kappa shape index (κ2) is 6.83. The largest absolute Gasteiger partial charge is 0.495 e. The van der Waals surface area contributed by atoms with Crippen molar-refractivity contribution in [1.82, 2.24) is 4.72 Å². The van der Waals surface area contributed by atoms with Crippen LogP contribution < -0.4 is 14.2 Å². The standard InChI is InChI=1S/C18H21NO4S/c1-13-7-8-17(22-2)18(11-13)24(20,21)19-12-14-9-10-23-16-6-4-3-5-15(14)16/h3-8,11,14,19H,9-10,12H2,1-2H3. The van der Waals surface area contributed by atoms with E-state index in [4.69, 9.17) is 9.47 Å². The van der Waals surface area contributed by atoms with Gasteiger partial charge in [0, 0.05) is 12.5 Å². The van der Waals surface area contributed by atoms with Crippen molar-refractivity contribution in [3.05, 3.63) is 53.6 Å². The average molecular weight is 347 g/mol. The van der Waals surface area contributed by atoms with Gasteiger partial charge in [0.05, 0.1) is 13.7 Å². The smallest absolute Gasteiger partial charge is 0.244 e. The van der Waals surface area contributed by atoms with E-state index in [-0.39, 0.29) is 10.8 Å². The molecule has 3 rings (SSSR count). The van der Waals surface area contributed by atoms with Crippen LogP contribution in [0, 0.1) is 6.92 Å². The zero-order valence-electron chi connectivity index (χ0n) is 13.8. The van der Waals surface area contributed by atoms with Crippen molar-refractivity contribution in [2.45, 2.75) is 24.2 Å². The second-order valence-corrected chi connectivity index (χ2v) is 7.61. The van der Waals surface area contributed by atoms with Crippen molar-refractivity contribution in [3.8, 4) is 11.5 Å². The van der Waals surface area contributed by atoms with E-state index in [1.54, 1.807) is 12.1 Å². The zero-order valence-corrected chi connectivity index (χ0v) is 14.6. The van der Waals surface area contributed by atoms with Gasteiger partial charge >= 0.3 is 0 Å². The maximum absolute atomic E-state index is 12.7. The molecule has 0 aliphatic carbocycles. The number of rotatable bonds is 5. The number of ether oxygens (including phenoxy) is 2.